The summed E-state index contributed by atoms with van der Waals surface area (Å²) in [5, 5.41) is 2.35. The van der Waals surface area contributed by atoms with Crippen LogP contribution < -0.4 is 9.62 Å². The summed E-state index contributed by atoms with van der Waals surface area (Å²) in [7, 11) is -2.81. The smallest absolute Gasteiger partial charge is 0.264 e. The van der Waals surface area contributed by atoms with Gasteiger partial charge in [0.05, 0.1) is 15.6 Å². The molecule has 42 heavy (non-hydrogen) atoms. The molecular formula is C32H31ClFN3O4S. The highest BCUT2D eigenvalue weighted by Crippen LogP contribution is 2.28. The van der Waals surface area contributed by atoms with Crippen molar-refractivity contribution in [3.8, 4) is 0 Å². The molecule has 0 aliphatic heterocycles. The van der Waals surface area contributed by atoms with Crippen LogP contribution in [0.4, 0.5) is 10.1 Å². The normalized spacial score (nSPS) is 11.9. The molecule has 0 bridgehead atoms. The molecule has 0 saturated carbocycles. The molecule has 2 amide bonds. The van der Waals surface area contributed by atoms with Crippen LogP contribution in [0.1, 0.15) is 16.7 Å². The van der Waals surface area contributed by atoms with Crippen molar-refractivity contribution in [1.82, 2.24) is 10.2 Å². The summed E-state index contributed by atoms with van der Waals surface area (Å²) >= 11 is 6.03. The first-order valence-corrected chi connectivity index (χ1v) is 15.1. The Hall–Kier alpha value is -4.21. The van der Waals surface area contributed by atoms with Gasteiger partial charge in [0, 0.05) is 20.0 Å². The van der Waals surface area contributed by atoms with Crippen molar-refractivity contribution in [2.24, 2.45) is 0 Å². The Morgan fingerprint density at radius 2 is 1.50 bits per heavy atom. The topological polar surface area (TPSA) is 86.8 Å². The van der Waals surface area contributed by atoms with E-state index in [0.29, 0.717) is 0 Å². The van der Waals surface area contributed by atoms with Crippen LogP contribution in [0.3, 0.4) is 0 Å². The van der Waals surface area contributed by atoms with E-state index in [1.165, 1.54) is 30.1 Å². The molecule has 0 radical (unpaired) electrons. The van der Waals surface area contributed by atoms with Crippen LogP contribution in [-0.4, -0.2) is 44.8 Å². The molecule has 0 aliphatic carbocycles. The summed E-state index contributed by atoms with van der Waals surface area (Å²) in [5.41, 5.74) is 2.62. The highest BCUT2D eigenvalue weighted by molar-refractivity contribution is 7.92. The summed E-state index contributed by atoms with van der Waals surface area (Å²) in [6.45, 7) is 1.33. The van der Waals surface area contributed by atoms with Crippen LogP contribution in [-0.2, 0) is 32.6 Å². The lowest BCUT2D eigenvalue weighted by atomic mass is 10.0. The highest BCUT2D eigenvalue weighted by Gasteiger charge is 2.34. The van der Waals surface area contributed by atoms with E-state index in [1.54, 1.807) is 18.2 Å². The third-order valence-electron chi connectivity index (χ3n) is 6.79. The van der Waals surface area contributed by atoms with E-state index in [1.807, 2.05) is 61.5 Å². The molecule has 0 fully saturated rings. The molecule has 0 unspecified atom stereocenters. The molecule has 0 aliphatic rings. The molecule has 1 N–H and O–H groups in total. The number of rotatable bonds is 11. The van der Waals surface area contributed by atoms with Gasteiger partial charge in [0.1, 0.15) is 18.4 Å². The predicted molar refractivity (Wildman–Crippen MR) is 162 cm³/mol. The third-order valence-corrected chi connectivity index (χ3v) is 8.87. The van der Waals surface area contributed by atoms with Crippen LogP contribution in [0, 0.1) is 12.7 Å². The minimum absolute atomic E-state index is 0.00782. The van der Waals surface area contributed by atoms with Gasteiger partial charge in [0.25, 0.3) is 10.0 Å². The van der Waals surface area contributed by atoms with Crippen LogP contribution in [0.25, 0.3) is 0 Å². The van der Waals surface area contributed by atoms with Gasteiger partial charge < -0.3 is 10.2 Å². The number of hydrogen-bond acceptors (Lipinski definition) is 4. The molecule has 0 spiro atoms. The summed E-state index contributed by atoms with van der Waals surface area (Å²) < 4.78 is 42.7. The van der Waals surface area contributed by atoms with Gasteiger partial charge in [-0.05, 0) is 48.4 Å². The SMILES string of the molecule is CNC(=O)[C@H](Cc1ccccc1)N(Cc1ccc(C)cc1)C(=O)CN(c1ccc(F)c(Cl)c1)S(=O)(=O)c1ccccc1. The van der Waals surface area contributed by atoms with Crippen molar-refractivity contribution in [1.29, 1.82) is 0 Å². The van der Waals surface area contributed by atoms with E-state index in [0.717, 1.165) is 33.1 Å². The van der Waals surface area contributed by atoms with E-state index < -0.39 is 40.2 Å². The molecule has 218 valence electrons. The van der Waals surface area contributed by atoms with Crippen molar-refractivity contribution >= 4 is 39.1 Å². The third kappa shape index (κ3) is 7.35. The average molecular weight is 608 g/mol. The van der Waals surface area contributed by atoms with E-state index in [-0.39, 0.29) is 28.6 Å². The Balaban J connectivity index is 1.79. The molecule has 4 aromatic carbocycles. The minimum atomic E-state index is -4.30. The van der Waals surface area contributed by atoms with Gasteiger partial charge in [-0.15, -0.1) is 0 Å². The number of benzene rings is 4. The quantitative estimate of drug-likeness (QED) is 0.248. The lowest BCUT2D eigenvalue weighted by Gasteiger charge is -2.33. The fourth-order valence-electron chi connectivity index (χ4n) is 4.50. The van der Waals surface area contributed by atoms with Crippen LogP contribution >= 0.6 is 11.6 Å². The molecule has 0 aromatic heterocycles. The van der Waals surface area contributed by atoms with E-state index in [2.05, 4.69) is 5.32 Å². The van der Waals surface area contributed by atoms with Crippen LogP contribution in [0.5, 0.6) is 0 Å². The zero-order valence-corrected chi connectivity index (χ0v) is 24.8. The second-order valence-corrected chi connectivity index (χ2v) is 12.0. The summed E-state index contributed by atoms with van der Waals surface area (Å²) in [6, 6.07) is 26.9. The summed E-state index contributed by atoms with van der Waals surface area (Å²) in [6.07, 6.45) is 0.200. The van der Waals surface area contributed by atoms with Gasteiger partial charge in [0.2, 0.25) is 11.8 Å². The molecule has 10 heteroatoms. The number of anilines is 1. The maximum absolute atomic E-state index is 14.2. The zero-order valence-electron chi connectivity index (χ0n) is 23.2. The molecular weight excluding hydrogens is 577 g/mol. The molecule has 0 heterocycles. The van der Waals surface area contributed by atoms with Gasteiger partial charge in [0.15, 0.2) is 0 Å². The molecule has 4 aromatic rings. The Kier molecular flexibility index (Phi) is 9.98. The van der Waals surface area contributed by atoms with Crippen molar-refractivity contribution in [2.45, 2.75) is 30.8 Å². The number of sulfonamides is 1. The lowest BCUT2D eigenvalue weighted by molar-refractivity contribution is -0.139. The predicted octanol–water partition coefficient (Wildman–Crippen LogP) is 5.37. The summed E-state index contributed by atoms with van der Waals surface area (Å²) in [5.74, 6) is -1.76. The first-order chi connectivity index (χ1) is 20.1. The van der Waals surface area contributed by atoms with E-state index in [4.69, 9.17) is 11.6 Å². The van der Waals surface area contributed by atoms with Crippen molar-refractivity contribution in [3.63, 3.8) is 0 Å². The highest BCUT2D eigenvalue weighted by atomic mass is 35.5. The Labute approximate surface area is 250 Å². The summed E-state index contributed by atoms with van der Waals surface area (Å²) in [4.78, 5) is 28.8. The van der Waals surface area contributed by atoms with Gasteiger partial charge >= 0.3 is 0 Å². The van der Waals surface area contributed by atoms with Crippen LogP contribution in [0.2, 0.25) is 5.02 Å². The van der Waals surface area contributed by atoms with Gasteiger partial charge in [-0.1, -0.05) is 90.0 Å². The minimum Gasteiger partial charge on any atom is -0.357 e. The standard InChI is InChI=1S/C32H31ClFN3O4S/c1-23-13-15-25(16-14-23)21-36(30(32(39)35-2)19-24-9-5-3-6-10-24)31(38)22-37(26-17-18-29(34)28(33)20-26)42(40,41)27-11-7-4-8-12-27/h3-18,20,30H,19,21-22H2,1-2H3,(H,35,39)/t30-/m0/s1. The molecule has 1 atom stereocenters. The number of nitrogens with zero attached hydrogens (tertiary/aromatic N) is 2. The molecule has 7 nitrogen and oxygen atoms in total. The van der Waals surface area contributed by atoms with Crippen molar-refractivity contribution in [3.05, 3.63) is 131 Å². The Morgan fingerprint density at radius 1 is 0.881 bits per heavy atom. The number of carbonyl (C=O) groups is 2. The number of hydrogen-bond donors (Lipinski definition) is 1. The van der Waals surface area contributed by atoms with E-state index in [9.17, 15) is 22.4 Å². The number of aryl methyl sites for hydroxylation is 1. The number of halogens is 2. The lowest BCUT2D eigenvalue weighted by Crippen LogP contribution is -2.53. The average Bonchev–Trinajstić information content (AvgIpc) is 3.00. The van der Waals surface area contributed by atoms with Crippen LogP contribution in [0.15, 0.2) is 108 Å². The maximum atomic E-state index is 14.2. The van der Waals surface area contributed by atoms with Gasteiger partial charge in [-0.25, -0.2) is 12.8 Å². The van der Waals surface area contributed by atoms with Crippen molar-refractivity contribution < 1.29 is 22.4 Å². The van der Waals surface area contributed by atoms with Gasteiger partial charge in [-0.2, -0.15) is 0 Å². The fraction of sp³-hybridized carbons (Fsp3) is 0.188. The first kappa shape index (κ1) is 30.7. The van der Waals surface area contributed by atoms with E-state index >= 15 is 0 Å². The number of carbonyl (C=O) groups excluding carboxylic acids is 2. The second-order valence-electron chi connectivity index (χ2n) is 9.75. The first-order valence-electron chi connectivity index (χ1n) is 13.2. The zero-order chi connectivity index (χ0) is 30.3. The molecule has 4 rings (SSSR count). The second kappa shape index (κ2) is 13.6. The number of amides is 2. The number of likely N-dealkylation sites (N-methyl/N-ethyl adjacent to an activating group) is 1. The Morgan fingerprint density at radius 3 is 2.10 bits per heavy atom. The maximum Gasteiger partial charge on any atom is 0.264 e. The van der Waals surface area contributed by atoms with Gasteiger partial charge in [-0.3, -0.25) is 13.9 Å². The largest absolute Gasteiger partial charge is 0.357 e. The fourth-order valence-corrected chi connectivity index (χ4v) is 6.10. The molecule has 0 saturated heterocycles. The monoisotopic (exact) mass is 607 g/mol. The number of nitrogens with one attached hydrogen (secondary N) is 1. The van der Waals surface area contributed by atoms with Crippen molar-refractivity contribution in [2.75, 3.05) is 17.9 Å². The Bertz CT molecular complexity index is 1640.